The summed E-state index contributed by atoms with van der Waals surface area (Å²) in [4.78, 5) is 7.55. The van der Waals surface area contributed by atoms with E-state index in [2.05, 4.69) is 48.2 Å². The molecular formula is C30H30N2O3. The molecule has 3 heterocycles. The number of fused-ring (bicyclic) bond motifs is 2. The number of hydrogen-bond donors (Lipinski definition) is 2. The summed E-state index contributed by atoms with van der Waals surface area (Å²) in [7, 11) is 0. The van der Waals surface area contributed by atoms with Crippen molar-refractivity contribution >= 4 is 0 Å². The molecule has 1 aromatic heterocycles. The number of ether oxygens (including phenoxy) is 1. The number of likely N-dealkylation sites (tertiary alicyclic amines) is 1. The van der Waals surface area contributed by atoms with Gasteiger partial charge in [0, 0.05) is 36.3 Å². The van der Waals surface area contributed by atoms with Gasteiger partial charge in [-0.2, -0.15) is 0 Å². The summed E-state index contributed by atoms with van der Waals surface area (Å²) in [5.74, 6) is 1.51. The fourth-order valence-corrected chi connectivity index (χ4v) is 7.75. The van der Waals surface area contributed by atoms with Crippen LogP contribution in [0.25, 0.3) is 11.1 Å². The number of aromatic nitrogens is 1. The monoisotopic (exact) mass is 466 g/mol. The average Bonchev–Trinajstić information content (AvgIpc) is 3.59. The van der Waals surface area contributed by atoms with Crippen LogP contribution in [-0.4, -0.2) is 44.8 Å². The van der Waals surface area contributed by atoms with Gasteiger partial charge in [-0.05, 0) is 73.9 Å². The van der Waals surface area contributed by atoms with Crippen molar-refractivity contribution in [1.82, 2.24) is 9.88 Å². The fourth-order valence-electron chi connectivity index (χ4n) is 7.75. The first-order valence-corrected chi connectivity index (χ1v) is 13.0. The molecule has 0 radical (unpaired) electrons. The number of phenolic OH excluding ortho intramolecular Hbond substituents is 1. The van der Waals surface area contributed by atoms with Gasteiger partial charge in [0.05, 0.1) is 16.7 Å². The largest absolute Gasteiger partial charge is 0.504 e. The molecule has 2 aromatic carbocycles. The van der Waals surface area contributed by atoms with E-state index < -0.39 is 11.0 Å². The number of aliphatic hydroxyl groups is 1. The second-order valence-corrected chi connectivity index (χ2v) is 11.6. The highest BCUT2D eigenvalue weighted by Gasteiger charge is 2.72. The first kappa shape index (κ1) is 20.3. The zero-order valence-corrected chi connectivity index (χ0v) is 20.0. The zero-order chi connectivity index (χ0) is 23.5. The Labute approximate surface area is 205 Å². The molecule has 5 nitrogen and oxygen atoms in total. The van der Waals surface area contributed by atoms with Crippen LogP contribution in [0.5, 0.6) is 11.5 Å². The van der Waals surface area contributed by atoms with Crippen LogP contribution < -0.4 is 4.74 Å². The Balaban J connectivity index is 1.32. The molecule has 2 N–H and O–H groups in total. The molecule has 1 saturated heterocycles. The SMILES string of the molecule is Cc1ccc(-c2cnc3c(c2)C[C@@]2(O)[C@H]4Cc5ccc(O)c6c5[C@@]2(CCN4CC2CC2)[C@H]3O6)cc1. The minimum absolute atomic E-state index is 0.0436. The van der Waals surface area contributed by atoms with E-state index in [1.54, 1.807) is 6.07 Å². The smallest absolute Gasteiger partial charge is 0.166 e. The lowest BCUT2D eigenvalue weighted by Gasteiger charge is -2.63. The minimum atomic E-state index is -0.961. The lowest BCUT2D eigenvalue weighted by molar-refractivity contribution is -0.173. The second-order valence-electron chi connectivity index (χ2n) is 11.6. The summed E-state index contributed by atoms with van der Waals surface area (Å²) in [6.07, 6.45) is 6.36. The van der Waals surface area contributed by atoms with Crippen molar-refractivity contribution in [2.45, 2.75) is 62.2 Å². The van der Waals surface area contributed by atoms with Gasteiger partial charge in [-0.15, -0.1) is 0 Å². The Morgan fingerprint density at radius 2 is 1.91 bits per heavy atom. The third kappa shape index (κ3) is 2.53. The van der Waals surface area contributed by atoms with E-state index in [0.29, 0.717) is 12.2 Å². The quantitative estimate of drug-likeness (QED) is 0.597. The standard InChI is InChI=1S/C30H30N2O3/c1-17-2-6-19(7-3-17)22-12-21-14-30(34)24-13-20-8-9-23(33)27-25(20)29(30,28(35-27)26(21)31-15-22)10-11-32(24)16-18-4-5-18/h2-3,6-9,12,15,18,24,28,33-34H,4-5,10-11,13-14,16H2,1H3/t24-,28+,29+,30-/m1/s1. The number of benzene rings is 2. The summed E-state index contributed by atoms with van der Waals surface area (Å²) in [5.41, 5.74) is 6.16. The van der Waals surface area contributed by atoms with Crippen molar-refractivity contribution in [2.24, 2.45) is 5.92 Å². The highest BCUT2D eigenvalue weighted by molar-refractivity contribution is 5.67. The third-order valence-electron chi connectivity index (χ3n) is 9.61. The van der Waals surface area contributed by atoms with Gasteiger partial charge in [0.2, 0.25) is 0 Å². The predicted molar refractivity (Wildman–Crippen MR) is 133 cm³/mol. The molecule has 5 aliphatic rings. The number of phenols is 1. The van der Waals surface area contributed by atoms with Crippen LogP contribution in [0.2, 0.25) is 0 Å². The molecule has 178 valence electrons. The molecule has 1 saturated carbocycles. The summed E-state index contributed by atoms with van der Waals surface area (Å²) in [6, 6.07) is 14.6. The van der Waals surface area contributed by atoms with Gasteiger partial charge >= 0.3 is 0 Å². The van der Waals surface area contributed by atoms with Crippen LogP contribution in [0.15, 0.2) is 48.7 Å². The van der Waals surface area contributed by atoms with Gasteiger partial charge < -0.3 is 14.9 Å². The Bertz CT molecular complexity index is 1380. The molecular weight excluding hydrogens is 436 g/mol. The fraction of sp³-hybridized carbons (Fsp3) is 0.433. The Hall–Kier alpha value is -2.89. The van der Waals surface area contributed by atoms with Gasteiger partial charge in [-0.1, -0.05) is 35.9 Å². The van der Waals surface area contributed by atoms with E-state index in [0.717, 1.165) is 59.8 Å². The molecule has 5 heteroatoms. The molecule has 2 aliphatic heterocycles. The average molecular weight is 467 g/mol. The molecule has 8 rings (SSSR count). The van der Waals surface area contributed by atoms with Gasteiger partial charge in [0.1, 0.15) is 0 Å². The number of pyridine rings is 1. The summed E-state index contributed by atoms with van der Waals surface area (Å²) < 4.78 is 6.60. The first-order chi connectivity index (χ1) is 17.0. The van der Waals surface area contributed by atoms with Crippen molar-refractivity contribution in [3.63, 3.8) is 0 Å². The van der Waals surface area contributed by atoms with Crippen molar-refractivity contribution in [2.75, 3.05) is 13.1 Å². The number of aromatic hydroxyl groups is 1. The number of nitrogens with zero attached hydrogens (tertiary/aromatic N) is 2. The summed E-state index contributed by atoms with van der Waals surface area (Å²) >= 11 is 0. The van der Waals surface area contributed by atoms with Crippen molar-refractivity contribution in [1.29, 1.82) is 0 Å². The van der Waals surface area contributed by atoms with E-state index in [1.807, 2.05) is 6.20 Å². The number of hydrogen-bond acceptors (Lipinski definition) is 5. The van der Waals surface area contributed by atoms with Crippen LogP contribution in [0.4, 0.5) is 0 Å². The minimum Gasteiger partial charge on any atom is -0.504 e. The topological polar surface area (TPSA) is 65.8 Å². The third-order valence-corrected chi connectivity index (χ3v) is 9.61. The Morgan fingerprint density at radius 1 is 1.09 bits per heavy atom. The summed E-state index contributed by atoms with van der Waals surface area (Å²) in [6.45, 7) is 4.12. The highest BCUT2D eigenvalue weighted by Crippen LogP contribution is 2.68. The highest BCUT2D eigenvalue weighted by atomic mass is 16.5. The van der Waals surface area contributed by atoms with Crippen molar-refractivity contribution in [3.05, 3.63) is 76.6 Å². The van der Waals surface area contributed by atoms with E-state index in [9.17, 15) is 10.2 Å². The van der Waals surface area contributed by atoms with E-state index in [-0.39, 0.29) is 17.9 Å². The number of aryl methyl sites for hydroxylation is 1. The van der Waals surface area contributed by atoms with Crippen molar-refractivity contribution < 1.29 is 14.9 Å². The number of piperidine rings is 1. The van der Waals surface area contributed by atoms with E-state index >= 15 is 0 Å². The molecule has 3 aromatic rings. The summed E-state index contributed by atoms with van der Waals surface area (Å²) in [5, 5.41) is 23.6. The first-order valence-electron chi connectivity index (χ1n) is 13.0. The van der Waals surface area contributed by atoms with E-state index in [4.69, 9.17) is 9.72 Å². The lowest BCUT2D eigenvalue weighted by Crippen LogP contribution is -2.74. The van der Waals surface area contributed by atoms with Gasteiger partial charge in [-0.25, -0.2) is 0 Å². The Morgan fingerprint density at radius 3 is 2.71 bits per heavy atom. The molecule has 1 spiro atoms. The number of rotatable bonds is 3. The Kier molecular flexibility index (Phi) is 3.86. The lowest BCUT2D eigenvalue weighted by atomic mass is 9.49. The van der Waals surface area contributed by atoms with Crippen LogP contribution in [0.3, 0.4) is 0 Å². The normalized spacial score (nSPS) is 32.1. The van der Waals surface area contributed by atoms with Crippen molar-refractivity contribution in [3.8, 4) is 22.6 Å². The second kappa shape index (κ2) is 6.65. The van der Waals surface area contributed by atoms with Gasteiger partial charge in [-0.3, -0.25) is 9.88 Å². The van der Waals surface area contributed by atoms with E-state index in [1.165, 1.54) is 24.0 Å². The molecule has 2 bridgehead atoms. The van der Waals surface area contributed by atoms with Crippen LogP contribution in [-0.2, 0) is 18.3 Å². The maximum atomic E-state index is 12.8. The van der Waals surface area contributed by atoms with Crippen LogP contribution >= 0.6 is 0 Å². The van der Waals surface area contributed by atoms with Gasteiger partial charge in [0.25, 0.3) is 0 Å². The maximum Gasteiger partial charge on any atom is 0.166 e. The zero-order valence-electron chi connectivity index (χ0n) is 20.0. The molecule has 35 heavy (non-hydrogen) atoms. The van der Waals surface area contributed by atoms with Crippen LogP contribution in [0, 0.1) is 12.8 Å². The molecule has 3 aliphatic carbocycles. The van der Waals surface area contributed by atoms with Gasteiger partial charge in [0.15, 0.2) is 17.6 Å². The van der Waals surface area contributed by atoms with Crippen LogP contribution in [0.1, 0.15) is 53.3 Å². The molecule has 0 unspecified atom stereocenters. The maximum absolute atomic E-state index is 12.8. The predicted octanol–water partition coefficient (Wildman–Crippen LogP) is 4.46. The molecule has 0 amide bonds. The molecule has 2 fully saturated rings. The molecule has 4 atom stereocenters.